The average Bonchev–Trinajstić information content (AvgIpc) is 3.37. The molecule has 1 heteroatoms. The van der Waals surface area contributed by atoms with Crippen molar-refractivity contribution >= 4 is 11.3 Å². The third kappa shape index (κ3) is 12.4. The highest BCUT2D eigenvalue weighted by Gasteiger charge is 2.41. The molecule has 41 heavy (non-hydrogen) atoms. The molecule has 2 atom stereocenters. The Kier molecular flexibility index (Phi) is 17.1. The lowest BCUT2D eigenvalue weighted by molar-refractivity contribution is 0.659. The highest BCUT2D eigenvalue weighted by Crippen LogP contribution is 2.49. The first-order chi connectivity index (χ1) is 20.1. The molecule has 1 aromatic heterocycles. The quantitative estimate of drug-likeness (QED) is 0.213. The van der Waals surface area contributed by atoms with Gasteiger partial charge in [0.05, 0.1) is 0 Å². The molecule has 0 nitrogen and oxygen atoms in total. The monoisotopic (exact) mass is 568 g/mol. The van der Waals surface area contributed by atoms with Crippen molar-refractivity contribution in [3.8, 4) is 0 Å². The molecule has 7 rings (SSSR count). The van der Waals surface area contributed by atoms with Crippen LogP contribution in [0.3, 0.4) is 0 Å². The summed E-state index contributed by atoms with van der Waals surface area (Å²) in [6.45, 7) is 17.1. The summed E-state index contributed by atoms with van der Waals surface area (Å²) in [5, 5.41) is 2.25. The summed E-state index contributed by atoms with van der Waals surface area (Å²) >= 11 is 1.96. The smallest absolute Gasteiger partial charge is 0.00801 e. The van der Waals surface area contributed by atoms with Crippen molar-refractivity contribution in [3.63, 3.8) is 0 Å². The van der Waals surface area contributed by atoms with E-state index in [1.807, 2.05) is 51.2 Å². The van der Waals surface area contributed by atoms with Gasteiger partial charge < -0.3 is 0 Å². The third-order valence-electron chi connectivity index (χ3n) is 7.96. The van der Waals surface area contributed by atoms with Gasteiger partial charge in [-0.2, -0.15) is 0 Å². The van der Waals surface area contributed by atoms with Gasteiger partial charge in [-0.25, -0.2) is 0 Å². The van der Waals surface area contributed by atoms with E-state index < -0.39 is 0 Å². The SMILES string of the molecule is C=C(/C=C\C)CC.C=CC.CC.c1cc2c(s1)CC1CC1C2.c1ccc2c(c1)CCC2.c1ccc2c(c1)CCCC2. The van der Waals surface area contributed by atoms with Crippen LogP contribution in [0, 0.1) is 11.8 Å². The van der Waals surface area contributed by atoms with Crippen LogP contribution in [0.1, 0.15) is 99.4 Å². The summed E-state index contributed by atoms with van der Waals surface area (Å²) in [6, 6.07) is 19.9. The van der Waals surface area contributed by atoms with E-state index in [-0.39, 0.29) is 0 Å². The van der Waals surface area contributed by atoms with Gasteiger partial charge in [-0.15, -0.1) is 17.9 Å². The molecule has 0 N–H and O–H groups in total. The number of hydrogen-bond donors (Lipinski definition) is 0. The summed E-state index contributed by atoms with van der Waals surface area (Å²) in [5.74, 6) is 2.17. The van der Waals surface area contributed by atoms with Crippen molar-refractivity contribution in [2.75, 3.05) is 0 Å². The fourth-order valence-corrected chi connectivity index (χ4v) is 6.61. The van der Waals surface area contributed by atoms with Gasteiger partial charge in [-0.3, -0.25) is 0 Å². The van der Waals surface area contributed by atoms with Crippen LogP contribution in [0.2, 0.25) is 0 Å². The second-order valence-electron chi connectivity index (χ2n) is 11.1. The van der Waals surface area contributed by atoms with Gasteiger partial charge in [0.2, 0.25) is 0 Å². The van der Waals surface area contributed by atoms with Gasteiger partial charge >= 0.3 is 0 Å². The second kappa shape index (κ2) is 20.3. The Hall–Kier alpha value is -2.64. The summed E-state index contributed by atoms with van der Waals surface area (Å²) in [5.41, 5.74) is 9.14. The van der Waals surface area contributed by atoms with Crippen LogP contribution in [-0.2, 0) is 38.5 Å². The molecule has 1 fully saturated rings. The highest BCUT2D eigenvalue weighted by molar-refractivity contribution is 7.10. The summed E-state index contributed by atoms with van der Waals surface area (Å²) in [7, 11) is 0. The zero-order valence-corrected chi connectivity index (χ0v) is 27.6. The lowest BCUT2D eigenvalue weighted by Gasteiger charge is -2.13. The van der Waals surface area contributed by atoms with Crippen LogP contribution >= 0.6 is 11.3 Å². The van der Waals surface area contributed by atoms with E-state index >= 15 is 0 Å². The largest absolute Gasteiger partial charge is 0.149 e. The van der Waals surface area contributed by atoms with Gasteiger partial charge in [0.15, 0.2) is 0 Å². The van der Waals surface area contributed by atoms with Crippen LogP contribution in [0.15, 0.2) is 96.9 Å². The minimum absolute atomic E-state index is 1.06. The first-order valence-electron chi connectivity index (χ1n) is 16.2. The van der Waals surface area contributed by atoms with E-state index in [4.69, 9.17) is 0 Å². The molecule has 0 radical (unpaired) electrons. The topological polar surface area (TPSA) is 0 Å². The fraction of sp³-hybridized carbons (Fsp3) is 0.450. The maximum atomic E-state index is 3.78. The number of fused-ring (bicyclic) bond motifs is 4. The maximum absolute atomic E-state index is 3.78. The second-order valence-corrected chi connectivity index (χ2v) is 12.1. The van der Waals surface area contributed by atoms with Crippen molar-refractivity contribution in [1.82, 2.24) is 0 Å². The first-order valence-corrected chi connectivity index (χ1v) is 17.0. The minimum atomic E-state index is 1.06. The lowest BCUT2D eigenvalue weighted by Crippen LogP contribution is -2.00. The van der Waals surface area contributed by atoms with E-state index in [1.54, 1.807) is 38.8 Å². The summed E-state index contributed by atoms with van der Waals surface area (Å²) in [4.78, 5) is 1.68. The van der Waals surface area contributed by atoms with Crippen molar-refractivity contribution in [2.45, 2.75) is 105 Å². The normalized spacial score (nSPS) is 18.1. The van der Waals surface area contributed by atoms with Gasteiger partial charge in [-0.05, 0) is 136 Å². The minimum Gasteiger partial charge on any atom is -0.149 e. The van der Waals surface area contributed by atoms with E-state index in [9.17, 15) is 0 Å². The molecule has 4 aliphatic rings. The number of hydrogen-bond acceptors (Lipinski definition) is 1. The number of benzene rings is 2. The lowest BCUT2D eigenvalue weighted by atomic mass is 9.92. The Morgan fingerprint density at radius 2 is 1.22 bits per heavy atom. The van der Waals surface area contributed by atoms with Crippen molar-refractivity contribution < 1.29 is 0 Å². The molecule has 0 bridgehead atoms. The van der Waals surface area contributed by atoms with E-state index in [0.717, 1.165) is 18.3 Å². The molecule has 0 saturated heterocycles. The number of thiophene rings is 1. The molecule has 0 aliphatic heterocycles. The predicted molar refractivity (Wildman–Crippen MR) is 186 cm³/mol. The number of rotatable bonds is 2. The third-order valence-corrected chi connectivity index (χ3v) is 8.95. The standard InChI is InChI=1S/C10H12.C9H10S.C9H10.C7H12.C3H6.C2H6/c1-2-6-10-8-4-3-7-9(10)5-1;1-2-10-9-5-8-4-7(8)3-6(1)9;1-2-5-9-7-3-6-8(9)4-1;1-4-6-7(3)5-2;1-3-2;1-2/h1-2,5-6H,3-4,7-8H2;1-2,7-8H,3-5H2;1-2,4-5H,3,6-7H2;4,6H,3,5H2,1-2H3;3H,1H2,2H3;1-2H3/b;;;6-4-;;. The first kappa shape index (κ1) is 34.6. The zero-order chi connectivity index (χ0) is 29.9. The molecular formula is C40H56S. The number of aryl methyl sites for hydroxylation is 4. The molecule has 0 spiro atoms. The van der Waals surface area contributed by atoms with Gasteiger partial charge in [0, 0.05) is 4.88 Å². The Morgan fingerprint density at radius 1 is 0.756 bits per heavy atom. The van der Waals surface area contributed by atoms with Gasteiger partial charge in [0.25, 0.3) is 0 Å². The maximum Gasteiger partial charge on any atom is 0.00801 e. The van der Waals surface area contributed by atoms with Crippen molar-refractivity contribution in [1.29, 1.82) is 0 Å². The summed E-state index contributed by atoms with van der Waals surface area (Å²) in [6.07, 6.45) is 20.5. The molecule has 1 saturated carbocycles. The predicted octanol–water partition coefficient (Wildman–Crippen LogP) is 12.0. The Morgan fingerprint density at radius 3 is 1.66 bits per heavy atom. The molecular weight excluding hydrogens is 513 g/mol. The number of allylic oxidation sites excluding steroid dienone is 4. The van der Waals surface area contributed by atoms with Crippen LogP contribution in [0.5, 0.6) is 0 Å². The van der Waals surface area contributed by atoms with Crippen LogP contribution < -0.4 is 0 Å². The van der Waals surface area contributed by atoms with Crippen LogP contribution in [-0.4, -0.2) is 0 Å². The van der Waals surface area contributed by atoms with Crippen LogP contribution in [0.4, 0.5) is 0 Å². The Labute approximate surface area is 257 Å². The fourth-order valence-electron chi connectivity index (χ4n) is 5.60. The summed E-state index contributed by atoms with van der Waals surface area (Å²) < 4.78 is 0. The van der Waals surface area contributed by atoms with Crippen LogP contribution in [0.25, 0.3) is 0 Å². The molecule has 2 aromatic carbocycles. The average molecular weight is 569 g/mol. The molecule has 4 aliphatic carbocycles. The Balaban J connectivity index is 0.000000183. The van der Waals surface area contributed by atoms with Crippen molar-refractivity contribution in [3.05, 3.63) is 130 Å². The van der Waals surface area contributed by atoms with E-state index in [2.05, 4.69) is 80.1 Å². The molecule has 3 aromatic rings. The zero-order valence-electron chi connectivity index (χ0n) is 26.8. The van der Waals surface area contributed by atoms with E-state index in [1.165, 1.54) is 69.8 Å². The molecule has 0 amide bonds. The van der Waals surface area contributed by atoms with Gasteiger partial charge in [-0.1, -0.05) is 99.7 Å². The van der Waals surface area contributed by atoms with Gasteiger partial charge in [0.1, 0.15) is 0 Å². The molecule has 1 heterocycles. The highest BCUT2D eigenvalue weighted by atomic mass is 32.1. The Bertz CT molecular complexity index is 1100. The van der Waals surface area contributed by atoms with E-state index in [0.29, 0.717) is 0 Å². The molecule has 222 valence electrons. The molecule has 2 unspecified atom stereocenters. The van der Waals surface area contributed by atoms with Crippen molar-refractivity contribution in [2.24, 2.45) is 11.8 Å².